The van der Waals surface area contributed by atoms with E-state index in [1.807, 2.05) is 6.07 Å². The van der Waals surface area contributed by atoms with Crippen LogP contribution >= 0.6 is 27.3 Å². The highest BCUT2D eigenvalue weighted by Crippen LogP contribution is 2.38. The third-order valence-electron chi connectivity index (χ3n) is 3.46. The van der Waals surface area contributed by atoms with Gasteiger partial charge in [0, 0.05) is 9.17 Å². The molecular weight excluding hydrogens is 334 g/mol. The minimum atomic E-state index is 0.109. The molecule has 2 heterocycles. The van der Waals surface area contributed by atoms with E-state index in [0.717, 1.165) is 16.8 Å². The van der Waals surface area contributed by atoms with Crippen LogP contribution in [0.4, 0.5) is 0 Å². The third-order valence-corrected chi connectivity index (χ3v) is 5.44. The van der Waals surface area contributed by atoms with Crippen LogP contribution in [0.25, 0.3) is 10.1 Å². The van der Waals surface area contributed by atoms with Crippen molar-refractivity contribution in [3.05, 3.63) is 57.3 Å². The molecule has 20 heavy (non-hydrogen) atoms. The Morgan fingerprint density at radius 3 is 2.90 bits per heavy atom. The summed E-state index contributed by atoms with van der Waals surface area (Å²) in [6.45, 7) is 5.11. The summed E-state index contributed by atoms with van der Waals surface area (Å²) in [7, 11) is 0. The summed E-state index contributed by atoms with van der Waals surface area (Å²) in [6, 6.07) is 8.47. The second-order valence-electron chi connectivity index (χ2n) is 4.77. The summed E-state index contributed by atoms with van der Waals surface area (Å²) in [6.07, 6.45) is 1.76. The van der Waals surface area contributed by atoms with Crippen LogP contribution in [0.3, 0.4) is 0 Å². The second-order valence-corrected chi connectivity index (χ2v) is 6.50. The topological polar surface area (TPSA) is 25.2 Å². The van der Waals surface area contributed by atoms with Gasteiger partial charge in [0.05, 0.1) is 12.3 Å². The van der Waals surface area contributed by atoms with Crippen molar-refractivity contribution in [1.82, 2.24) is 5.32 Å². The lowest BCUT2D eigenvalue weighted by atomic mass is 10.0. The Hall–Kier alpha value is -1.10. The number of hydrogen-bond acceptors (Lipinski definition) is 3. The predicted octanol–water partition coefficient (Wildman–Crippen LogP) is 5.26. The van der Waals surface area contributed by atoms with E-state index in [4.69, 9.17) is 4.42 Å². The minimum Gasteiger partial charge on any atom is -0.467 e. The first-order valence-corrected chi connectivity index (χ1v) is 8.32. The quantitative estimate of drug-likeness (QED) is 0.694. The summed E-state index contributed by atoms with van der Waals surface area (Å²) < 4.78 is 8.15. The molecule has 1 unspecified atom stereocenters. The Bertz CT molecular complexity index is 731. The Labute approximate surface area is 130 Å². The molecule has 0 saturated heterocycles. The molecule has 1 aromatic carbocycles. The maximum Gasteiger partial charge on any atom is 0.128 e. The van der Waals surface area contributed by atoms with Gasteiger partial charge in [0.1, 0.15) is 5.76 Å². The first kappa shape index (κ1) is 13.9. The number of fused-ring (bicyclic) bond motifs is 1. The maximum atomic E-state index is 5.71. The average molecular weight is 350 g/mol. The van der Waals surface area contributed by atoms with E-state index in [0.29, 0.717) is 0 Å². The van der Waals surface area contributed by atoms with E-state index >= 15 is 0 Å². The van der Waals surface area contributed by atoms with Crippen molar-refractivity contribution in [2.24, 2.45) is 0 Å². The van der Waals surface area contributed by atoms with Gasteiger partial charge in [-0.25, -0.2) is 0 Å². The summed E-state index contributed by atoms with van der Waals surface area (Å²) in [5.74, 6) is 1.01. The zero-order chi connectivity index (χ0) is 14.1. The molecule has 1 atom stereocenters. The highest BCUT2D eigenvalue weighted by atomic mass is 79.9. The Morgan fingerprint density at radius 1 is 1.35 bits per heavy atom. The number of nitrogens with one attached hydrogen (secondary N) is 1. The first-order chi connectivity index (χ1) is 9.72. The monoisotopic (exact) mass is 349 g/mol. The van der Waals surface area contributed by atoms with Crippen LogP contribution in [-0.4, -0.2) is 6.54 Å². The molecule has 0 bridgehead atoms. The molecule has 0 aliphatic carbocycles. The van der Waals surface area contributed by atoms with Gasteiger partial charge in [-0.1, -0.05) is 19.1 Å². The van der Waals surface area contributed by atoms with Gasteiger partial charge in [-0.05, 0) is 63.4 Å². The van der Waals surface area contributed by atoms with Gasteiger partial charge >= 0.3 is 0 Å². The zero-order valence-corrected chi connectivity index (χ0v) is 13.8. The molecule has 0 aliphatic heterocycles. The lowest BCUT2D eigenvalue weighted by Gasteiger charge is -2.16. The number of furan rings is 1. The van der Waals surface area contributed by atoms with Crippen LogP contribution in [0.1, 0.15) is 29.9 Å². The van der Waals surface area contributed by atoms with E-state index in [9.17, 15) is 0 Å². The lowest BCUT2D eigenvalue weighted by Crippen LogP contribution is -2.21. The van der Waals surface area contributed by atoms with E-state index in [2.05, 4.69) is 58.7 Å². The molecular formula is C16H16BrNOS. The molecule has 3 aromatic rings. The highest BCUT2D eigenvalue weighted by molar-refractivity contribution is 9.10. The van der Waals surface area contributed by atoms with E-state index in [1.54, 1.807) is 17.6 Å². The van der Waals surface area contributed by atoms with Crippen LogP contribution < -0.4 is 5.32 Å². The molecule has 0 radical (unpaired) electrons. The number of aryl methyl sites for hydroxylation is 1. The molecule has 2 aromatic heterocycles. The van der Waals surface area contributed by atoms with Crippen LogP contribution in [0.2, 0.25) is 0 Å². The van der Waals surface area contributed by atoms with Gasteiger partial charge < -0.3 is 9.73 Å². The maximum absolute atomic E-state index is 5.71. The van der Waals surface area contributed by atoms with Gasteiger partial charge in [0.15, 0.2) is 0 Å². The van der Waals surface area contributed by atoms with Gasteiger partial charge in [-0.2, -0.15) is 0 Å². The number of thiophene rings is 1. The van der Waals surface area contributed by atoms with Crippen molar-refractivity contribution in [2.75, 3.05) is 6.54 Å². The number of benzene rings is 1. The molecule has 0 spiro atoms. The van der Waals surface area contributed by atoms with Crippen molar-refractivity contribution in [1.29, 1.82) is 0 Å². The number of rotatable bonds is 4. The fourth-order valence-electron chi connectivity index (χ4n) is 2.49. The van der Waals surface area contributed by atoms with Gasteiger partial charge in [0.2, 0.25) is 0 Å². The van der Waals surface area contributed by atoms with E-state index < -0.39 is 0 Å². The normalized spacial score (nSPS) is 12.9. The third kappa shape index (κ3) is 2.32. The molecule has 1 N–H and O–H groups in total. The summed E-state index contributed by atoms with van der Waals surface area (Å²) in [4.78, 5) is 0. The van der Waals surface area contributed by atoms with Crippen molar-refractivity contribution in [2.45, 2.75) is 19.9 Å². The van der Waals surface area contributed by atoms with Crippen LogP contribution in [0.15, 0.2) is 44.8 Å². The molecule has 0 saturated carbocycles. The zero-order valence-electron chi connectivity index (χ0n) is 11.4. The fraction of sp³-hybridized carbons (Fsp3) is 0.250. The van der Waals surface area contributed by atoms with Crippen molar-refractivity contribution >= 4 is 37.4 Å². The van der Waals surface area contributed by atoms with Crippen LogP contribution in [0, 0.1) is 6.92 Å². The summed E-state index contributed by atoms with van der Waals surface area (Å²) in [5.41, 5.74) is 2.47. The molecule has 104 valence electrons. The average Bonchev–Trinajstić information content (AvgIpc) is 3.04. The van der Waals surface area contributed by atoms with E-state index in [1.165, 1.54) is 21.2 Å². The fourth-order valence-corrected chi connectivity index (χ4v) is 4.14. The first-order valence-electron chi connectivity index (χ1n) is 6.65. The molecule has 2 nitrogen and oxygen atoms in total. The standard InChI is InChI=1S/C16H16BrNOS/c1-3-18-14(15-10(2)7-8-19-15)12-9-20-16-11(12)5-4-6-13(16)17/h4-9,14,18H,3H2,1-2H3. The van der Waals surface area contributed by atoms with Gasteiger partial charge in [-0.15, -0.1) is 11.3 Å². The van der Waals surface area contributed by atoms with Crippen molar-refractivity contribution in [3.8, 4) is 0 Å². The summed E-state index contributed by atoms with van der Waals surface area (Å²) >= 11 is 5.40. The van der Waals surface area contributed by atoms with Crippen molar-refractivity contribution in [3.63, 3.8) is 0 Å². The van der Waals surface area contributed by atoms with Gasteiger partial charge in [-0.3, -0.25) is 0 Å². The molecule has 3 rings (SSSR count). The second kappa shape index (κ2) is 5.72. The largest absolute Gasteiger partial charge is 0.467 e. The summed E-state index contributed by atoms with van der Waals surface area (Å²) in [5, 5.41) is 7.05. The van der Waals surface area contributed by atoms with E-state index in [-0.39, 0.29) is 6.04 Å². The van der Waals surface area contributed by atoms with Gasteiger partial charge in [0.25, 0.3) is 0 Å². The highest BCUT2D eigenvalue weighted by Gasteiger charge is 2.22. The number of hydrogen-bond donors (Lipinski definition) is 1. The SMILES string of the molecule is CCNC(c1occc1C)c1csc2c(Br)cccc12. The minimum absolute atomic E-state index is 0.109. The van der Waals surface area contributed by atoms with Crippen LogP contribution in [0.5, 0.6) is 0 Å². The molecule has 0 amide bonds. The Morgan fingerprint density at radius 2 is 2.20 bits per heavy atom. The molecule has 4 heteroatoms. The molecule has 0 fully saturated rings. The Balaban J connectivity index is 2.15. The predicted molar refractivity (Wildman–Crippen MR) is 88.5 cm³/mol. The van der Waals surface area contributed by atoms with Crippen LogP contribution in [-0.2, 0) is 0 Å². The number of halogens is 1. The Kier molecular flexibility index (Phi) is 3.96. The smallest absolute Gasteiger partial charge is 0.128 e. The van der Waals surface area contributed by atoms with Crippen molar-refractivity contribution < 1.29 is 4.42 Å². The lowest BCUT2D eigenvalue weighted by molar-refractivity contribution is 0.451. The molecule has 0 aliphatic rings.